The van der Waals surface area contributed by atoms with Crippen LogP contribution in [0.5, 0.6) is 5.75 Å². The Morgan fingerprint density at radius 3 is 2.36 bits per heavy atom. The van der Waals surface area contributed by atoms with Gasteiger partial charge >= 0.3 is 0 Å². The maximum atomic E-state index is 12.4. The van der Waals surface area contributed by atoms with Gasteiger partial charge in [-0.15, -0.1) is 0 Å². The summed E-state index contributed by atoms with van der Waals surface area (Å²) in [5.41, 5.74) is 3.51. The molecule has 3 rings (SSSR count). The lowest BCUT2D eigenvalue weighted by Gasteiger charge is -2.29. The van der Waals surface area contributed by atoms with Gasteiger partial charge in [-0.25, -0.2) is 0 Å². The third kappa shape index (κ3) is 5.81. The Hall–Kier alpha value is -2.37. The van der Waals surface area contributed by atoms with E-state index in [4.69, 9.17) is 4.74 Å². The van der Waals surface area contributed by atoms with Crippen LogP contribution >= 0.6 is 0 Å². The maximum Gasteiger partial charge on any atom is 0.279 e. The summed E-state index contributed by atoms with van der Waals surface area (Å²) in [5, 5.41) is 3.10. The lowest BCUT2D eigenvalue weighted by molar-refractivity contribution is -1.01. The van der Waals surface area contributed by atoms with Crippen LogP contribution in [-0.2, 0) is 17.6 Å². The topological polar surface area (TPSA) is 47.2 Å². The molecular weight excluding hydrogens is 350 g/mol. The molecule has 1 saturated heterocycles. The van der Waals surface area contributed by atoms with E-state index in [0.717, 1.165) is 57.0 Å². The summed E-state index contributed by atoms with van der Waals surface area (Å²) in [6, 6.07) is 16.4. The van der Waals surface area contributed by atoms with E-state index in [1.165, 1.54) is 16.0 Å². The third-order valence-corrected chi connectivity index (χ3v) is 5.67. The second-order valence-corrected chi connectivity index (χ2v) is 7.58. The van der Waals surface area contributed by atoms with Crippen molar-refractivity contribution in [2.75, 3.05) is 51.7 Å². The molecule has 1 fully saturated rings. The second kappa shape index (κ2) is 10.2. The third-order valence-electron chi connectivity index (χ3n) is 5.67. The number of benzene rings is 2. The molecule has 2 aromatic rings. The summed E-state index contributed by atoms with van der Waals surface area (Å²) in [6.07, 6.45) is 2.02. The van der Waals surface area contributed by atoms with Crippen molar-refractivity contribution < 1.29 is 19.3 Å². The minimum Gasteiger partial charge on any atom is -0.497 e. The maximum absolute atomic E-state index is 12.4. The standard InChI is InChI=1S/C23H31N3O2/c1-3-20-6-4-5-7-22(20)24-23(27)18-26-16-14-25(15-17-26)13-12-19-8-10-21(28-2)11-9-19/h4-11H,3,12-18H2,1-2H3,(H,24,27)/p+2. The van der Waals surface area contributed by atoms with Gasteiger partial charge in [0.15, 0.2) is 6.54 Å². The molecule has 0 radical (unpaired) electrons. The number of anilines is 1. The van der Waals surface area contributed by atoms with E-state index >= 15 is 0 Å². The zero-order valence-electron chi connectivity index (χ0n) is 17.1. The van der Waals surface area contributed by atoms with Crippen LogP contribution < -0.4 is 19.9 Å². The summed E-state index contributed by atoms with van der Waals surface area (Å²) in [4.78, 5) is 15.5. The fourth-order valence-corrected chi connectivity index (χ4v) is 3.87. The van der Waals surface area contributed by atoms with E-state index in [1.54, 1.807) is 12.0 Å². The number of hydrogen-bond acceptors (Lipinski definition) is 2. The Balaban J connectivity index is 1.39. The van der Waals surface area contributed by atoms with Gasteiger partial charge < -0.3 is 19.9 Å². The minimum absolute atomic E-state index is 0.123. The van der Waals surface area contributed by atoms with Crippen LogP contribution in [-0.4, -0.2) is 52.3 Å². The molecule has 5 nitrogen and oxygen atoms in total. The number of carbonyl (C=O) groups excluding carboxylic acids is 1. The van der Waals surface area contributed by atoms with Gasteiger partial charge in [0, 0.05) is 12.1 Å². The molecule has 0 aromatic heterocycles. The normalized spacial score (nSPS) is 19.2. The van der Waals surface area contributed by atoms with Crippen molar-refractivity contribution in [1.82, 2.24) is 0 Å². The number of para-hydroxylation sites is 1. The highest BCUT2D eigenvalue weighted by atomic mass is 16.5. The van der Waals surface area contributed by atoms with Crippen LogP contribution in [0.4, 0.5) is 5.69 Å². The van der Waals surface area contributed by atoms with Crippen molar-refractivity contribution in [3.8, 4) is 5.75 Å². The Labute approximate surface area is 168 Å². The average Bonchev–Trinajstić information content (AvgIpc) is 2.74. The lowest BCUT2D eigenvalue weighted by atomic mass is 10.1. The number of aryl methyl sites for hydroxylation is 1. The largest absolute Gasteiger partial charge is 0.497 e. The van der Waals surface area contributed by atoms with Crippen molar-refractivity contribution in [3.63, 3.8) is 0 Å². The smallest absolute Gasteiger partial charge is 0.279 e. The summed E-state index contributed by atoms with van der Waals surface area (Å²) >= 11 is 0. The first-order valence-electron chi connectivity index (χ1n) is 10.4. The monoisotopic (exact) mass is 383 g/mol. The molecule has 0 saturated carbocycles. The van der Waals surface area contributed by atoms with Crippen LogP contribution in [0, 0.1) is 0 Å². The van der Waals surface area contributed by atoms with Gasteiger partial charge in [0.2, 0.25) is 0 Å². The molecule has 28 heavy (non-hydrogen) atoms. The molecular formula is C23H33N3O2+2. The SMILES string of the molecule is CCc1ccccc1NC(=O)C[NH+]1CC[NH+](CCc2ccc(OC)cc2)CC1. The Morgan fingerprint density at radius 1 is 1.00 bits per heavy atom. The molecule has 1 aliphatic rings. The van der Waals surface area contributed by atoms with Crippen molar-refractivity contribution >= 4 is 11.6 Å². The number of nitrogens with one attached hydrogen (secondary N) is 3. The van der Waals surface area contributed by atoms with E-state index in [1.807, 2.05) is 30.3 Å². The van der Waals surface area contributed by atoms with E-state index in [-0.39, 0.29) is 5.91 Å². The van der Waals surface area contributed by atoms with E-state index in [9.17, 15) is 4.79 Å². The van der Waals surface area contributed by atoms with Gasteiger partial charge in [-0.3, -0.25) is 4.79 Å². The van der Waals surface area contributed by atoms with Gasteiger partial charge in [0.05, 0.1) is 13.7 Å². The number of ether oxygens (including phenoxy) is 1. The lowest BCUT2D eigenvalue weighted by Crippen LogP contribution is -3.28. The fourth-order valence-electron chi connectivity index (χ4n) is 3.87. The predicted octanol–water partition coefficient (Wildman–Crippen LogP) is 0.222. The van der Waals surface area contributed by atoms with Gasteiger partial charge in [-0.1, -0.05) is 37.3 Å². The minimum atomic E-state index is 0.123. The zero-order chi connectivity index (χ0) is 19.8. The molecule has 0 bridgehead atoms. The quantitative estimate of drug-likeness (QED) is 0.611. The van der Waals surface area contributed by atoms with Crippen LogP contribution in [0.15, 0.2) is 48.5 Å². The molecule has 0 spiro atoms. The number of rotatable bonds is 8. The molecule has 0 atom stereocenters. The molecule has 5 heteroatoms. The molecule has 3 N–H and O–H groups in total. The molecule has 0 aliphatic carbocycles. The first-order chi connectivity index (χ1) is 13.7. The van der Waals surface area contributed by atoms with Crippen LogP contribution in [0.25, 0.3) is 0 Å². The van der Waals surface area contributed by atoms with Crippen molar-refractivity contribution in [2.45, 2.75) is 19.8 Å². The first-order valence-corrected chi connectivity index (χ1v) is 10.4. The Kier molecular flexibility index (Phi) is 7.46. The summed E-state index contributed by atoms with van der Waals surface area (Å²) in [6.45, 7) is 8.19. The van der Waals surface area contributed by atoms with Crippen LogP contribution in [0.3, 0.4) is 0 Å². The fraction of sp³-hybridized carbons (Fsp3) is 0.435. The van der Waals surface area contributed by atoms with Gasteiger partial charge in [-0.2, -0.15) is 0 Å². The second-order valence-electron chi connectivity index (χ2n) is 7.58. The highest BCUT2D eigenvalue weighted by Gasteiger charge is 2.24. The number of piperazine rings is 1. The van der Waals surface area contributed by atoms with Gasteiger partial charge in [0.1, 0.15) is 31.9 Å². The molecule has 150 valence electrons. The molecule has 0 unspecified atom stereocenters. The summed E-state index contributed by atoms with van der Waals surface area (Å²) < 4.78 is 5.22. The highest BCUT2D eigenvalue weighted by Crippen LogP contribution is 2.14. The van der Waals surface area contributed by atoms with Crippen molar-refractivity contribution in [2.24, 2.45) is 0 Å². The van der Waals surface area contributed by atoms with Crippen LogP contribution in [0.1, 0.15) is 18.1 Å². The number of hydrogen-bond donors (Lipinski definition) is 3. The van der Waals surface area contributed by atoms with E-state index in [0.29, 0.717) is 6.54 Å². The molecule has 1 aliphatic heterocycles. The van der Waals surface area contributed by atoms with E-state index < -0.39 is 0 Å². The molecule has 1 heterocycles. The number of methoxy groups -OCH3 is 1. The first kappa shape index (κ1) is 20.4. The Morgan fingerprint density at radius 2 is 1.68 bits per heavy atom. The van der Waals surface area contributed by atoms with Gasteiger partial charge in [0.25, 0.3) is 5.91 Å². The summed E-state index contributed by atoms with van der Waals surface area (Å²) in [5.74, 6) is 1.03. The van der Waals surface area contributed by atoms with Crippen LogP contribution in [0.2, 0.25) is 0 Å². The molecule has 2 aromatic carbocycles. The molecule has 1 amide bonds. The highest BCUT2D eigenvalue weighted by molar-refractivity contribution is 5.92. The number of quaternary nitrogens is 2. The average molecular weight is 384 g/mol. The summed E-state index contributed by atoms with van der Waals surface area (Å²) in [7, 11) is 1.70. The number of amides is 1. The number of carbonyl (C=O) groups is 1. The van der Waals surface area contributed by atoms with Crippen molar-refractivity contribution in [3.05, 3.63) is 59.7 Å². The zero-order valence-corrected chi connectivity index (χ0v) is 17.1. The van der Waals surface area contributed by atoms with Gasteiger partial charge in [-0.05, 0) is 35.7 Å². The Bertz CT molecular complexity index is 753. The van der Waals surface area contributed by atoms with E-state index in [2.05, 4.69) is 30.4 Å². The predicted molar refractivity (Wildman–Crippen MR) is 112 cm³/mol. The van der Waals surface area contributed by atoms with Crippen molar-refractivity contribution in [1.29, 1.82) is 0 Å².